The van der Waals surface area contributed by atoms with Crippen LogP contribution in [0.4, 0.5) is 0 Å². The third-order valence-electron chi connectivity index (χ3n) is 2.91. The Hall–Kier alpha value is -0.770. The summed E-state index contributed by atoms with van der Waals surface area (Å²) in [6.45, 7) is 2.29. The van der Waals surface area contributed by atoms with E-state index in [4.69, 9.17) is 15.0 Å². The highest BCUT2D eigenvalue weighted by atomic mass is 16.7. The zero-order valence-corrected chi connectivity index (χ0v) is 10.5. The molecule has 0 bridgehead atoms. The van der Waals surface area contributed by atoms with Crippen LogP contribution in [-0.2, 0) is 9.47 Å². The van der Waals surface area contributed by atoms with Gasteiger partial charge in [-0.15, -0.1) is 0 Å². The molecule has 0 aromatic carbocycles. The lowest BCUT2D eigenvalue weighted by atomic mass is 10.1. The topological polar surface area (TPSA) is 67.2 Å². The van der Waals surface area contributed by atoms with Crippen molar-refractivity contribution in [3.8, 4) is 0 Å². The first-order valence-electron chi connectivity index (χ1n) is 6.67. The molecule has 0 aromatic heterocycles. The lowest BCUT2D eigenvalue weighted by Crippen LogP contribution is -2.22. The average molecular weight is 241 g/mol. The molecule has 0 spiro atoms. The highest BCUT2D eigenvalue weighted by Crippen LogP contribution is 2.14. The fourth-order valence-corrected chi connectivity index (χ4v) is 1.92. The summed E-state index contributed by atoms with van der Waals surface area (Å²) in [5.41, 5.74) is 8.09. The van der Waals surface area contributed by atoms with Gasteiger partial charge in [0, 0.05) is 24.7 Å². The molecular weight excluding hydrogens is 218 g/mol. The maximum Gasteiger partial charge on any atom is 0.157 e. The van der Waals surface area contributed by atoms with Gasteiger partial charge in [-0.1, -0.05) is 24.4 Å². The molecule has 1 fully saturated rings. The molecular formula is C12H23N3O2. The normalized spacial score (nSPS) is 19.9. The van der Waals surface area contributed by atoms with Crippen LogP contribution < -0.4 is 0 Å². The highest BCUT2D eigenvalue weighted by Gasteiger charge is 2.12. The minimum Gasteiger partial charge on any atom is -0.353 e. The second kappa shape index (κ2) is 10.4. The second-order valence-corrected chi connectivity index (χ2v) is 4.39. The SMILES string of the molecule is [N-]=[N+]=NCCCCCCCOC1CCCCO1. The molecule has 0 saturated carbocycles. The maximum absolute atomic E-state index is 8.09. The number of rotatable bonds is 9. The fraction of sp³-hybridized carbons (Fsp3) is 1.00. The lowest BCUT2D eigenvalue weighted by Gasteiger charge is -2.22. The molecule has 5 heteroatoms. The Morgan fingerprint density at radius 1 is 1.18 bits per heavy atom. The summed E-state index contributed by atoms with van der Waals surface area (Å²) in [7, 11) is 0. The zero-order valence-electron chi connectivity index (χ0n) is 10.5. The molecule has 1 saturated heterocycles. The van der Waals surface area contributed by atoms with Crippen LogP contribution in [0.2, 0.25) is 0 Å². The Morgan fingerprint density at radius 2 is 2.00 bits per heavy atom. The van der Waals surface area contributed by atoms with Crippen molar-refractivity contribution in [2.45, 2.75) is 57.7 Å². The van der Waals surface area contributed by atoms with Crippen molar-refractivity contribution in [2.75, 3.05) is 19.8 Å². The van der Waals surface area contributed by atoms with E-state index in [1.165, 1.54) is 25.7 Å². The Labute approximate surface area is 103 Å². The van der Waals surface area contributed by atoms with Gasteiger partial charge in [0.05, 0.1) is 0 Å². The van der Waals surface area contributed by atoms with Crippen LogP contribution >= 0.6 is 0 Å². The van der Waals surface area contributed by atoms with E-state index < -0.39 is 0 Å². The molecule has 5 nitrogen and oxygen atoms in total. The van der Waals surface area contributed by atoms with Gasteiger partial charge in [0.1, 0.15) is 0 Å². The van der Waals surface area contributed by atoms with Crippen molar-refractivity contribution in [2.24, 2.45) is 5.11 Å². The second-order valence-electron chi connectivity index (χ2n) is 4.39. The van der Waals surface area contributed by atoms with E-state index in [0.29, 0.717) is 6.54 Å². The van der Waals surface area contributed by atoms with Gasteiger partial charge < -0.3 is 9.47 Å². The van der Waals surface area contributed by atoms with E-state index in [-0.39, 0.29) is 6.29 Å². The number of hydrogen-bond acceptors (Lipinski definition) is 3. The van der Waals surface area contributed by atoms with E-state index in [1.807, 2.05) is 0 Å². The van der Waals surface area contributed by atoms with Crippen LogP contribution in [0.5, 0.6) is 0 Å². The summed E-state index contributed by atoms with van der Waals surface area (Å²) >= 11 is 0. The molecule has 1 aliphatic rings. The van der Waals surface area contributed by atoms with Crippen molar-refractivity contribution in [1.29, 1.82) is 0 Å². The fourth-order valence-electron chi connectivity index (χ4n) is 1.92. The first-order valence-corrected chi connectivity index (χ1v) is 6.67. The molecule has 1 atom stereocenters. The van der Waals surface area contributed by atoms with E-state index in [1.54, 1.807) is 0 Å². The highest BCUT2D eigenvalue weighted by molar-refractivity contribution is 4.54. The molecule has 0 radical (unpaired) electrons. The summed E-state index contributed by atoms with van der Waals surface area (Å²) in [5.74, 6) is 0. The van der Waals surface area contributed by atoms with E-state index in [9.17, 15) is 0 Å². The van der Waals surface area contributed by atoms with Crippen molar-refractivity contribution in [3.05, 3.63) is 10.4 Å². The van der Waals surface area contributed by atoms with Gasteiger partial charge in [-0.2, -0.15) is 0 Å². The van der Waals surface area contributed by atoms with Crippen LogP contribution in [0.25, 0.3) is 10.4 Å². The number of unbranched alkanes of at least 4 members (excludes halogenated alkanes) is 4. The third-order valence-corrected chi connectivity index (χ3v) is 2.91. The first kappa shape index (κ1) is 14.3. The molecule has 0 aromatic rings. The Morgan fingerprint density at radius 3 is 2.76 bits per heavy atom. The van der Waals surface area contributed by atoms with Gasteiger partial charge in [0.25, 0.3) is 0 Å². The smallest absolute Gasteiger partial charge is 0.157 e. The van der Waals surface area contributed by atoms with Crippen molar-refractivity contribution < 1.29 is 9.47 Å². The first-order chi connectivity index (χ1) is 8.43. The summed E-state index contributed by atoms with van der Waals surface area (Å²) in [4.78, 5) is 2.73. The largest absolute Gasteiger partial charge is 0.353 e. The Bertz CT molecular complexity index is 224. The summed E-state index contributed by atoms with van der Waals surface area (Å²) in [5, 5.41) is 3.51. The summed E-state index contributed by atoms with van der Waals surface area (Å²) in [6.07, 6.45) is 9.10. The molecule has 98 valence electrons. The monoisotopic (exact) mass is 241 g/mol. The number of hydrogen-bond donors (Lipinski definition) is 0. The van der Waals surface area contributed by atoms with Gasteiger partial charge in [0.15, 0.2) is 6.29 Å². The number of azide groups is 1. The molecule has 0 N–H and O–H groups in total. The van der Waals surface area contributed by atoms with Gasteiger partial charge in [-0.05, 0) is 37.6 Å². The van der Waals surface area contributed by atoms with E-state index in [2.05, 4.69) is 10.0 Å². The van der Waals surface area contributed by atoms with Gasteiger partial charge >= 0.3 is 0 Å². The quantitative estimate of drug-likeness (QED) is 0.267. The molecule has 0 aliphatic carbocycles. The Kier molecular flexibility index (Phi) is 8.73. The number of nitrogens with zero attached hydrogens (tertiary/aromatic N) is 3. The average Bonchev–Trinajstić information content (AvgIpc) is 2.38. The third kappa shape index (κ3) is 8.02. The van der Waals surface area contributed by atoms with E-state index in [0.717, 1.165) is 38.9 Å². The summed E-state index contributed by atoms with van der Waals surface area (Å²) in [6, 6.07) is 0. The van der Waals surface area contributed by atoms with Gasteiger partial charge in [-0.3, -0.25) is 0 Å². The molecule has 1 rings (SSSR count). The predicted octanol–water partition coefficient (Wildman–Crippen LogP) is 3.79. The molecule has 17 heavy (non-hydrogen) atoms. The lowest BCUT2D eigenvalue weighted by molar-refractivity contribution is -0.162. The molecule has 1 aliphatic heterocycles. The molecule has 1 heterocycles. The number of ether oxygens (including phenoxy) is 2. The van der Waals surface area contributed by atoms with Crippen LogP contribution in [-0.4, -0.2) is 26.0 Å². The molecule has 1 unspecified atom stereocenters. The van der Waals surface area contributed by atoms with E-state index >= 15 is 0 Å². The van der Waals surface area contributed by atoms with Crippen molar-refractivity contribution >= 4 is 0 Å². The maximum atomic E-state index is 8.09. The van der Waals surface area contributed by atoms with Gasteiger partial charge in [0.2, 0.25) is 0 Å². The van der Waals surface area contributed by atoms with Crippen molar-refractivity contribution in [3.63, 3.8) is 0 Å². The Balaban J connectivity index is 1.79. The zero-order chi connectivity index (χ0) is 12.2. The summed E-state index contributed by atoms with van der Waals surface area (Å²) < 4.78 is 11.1. The van der Waals surface area contributed by atoms with Gasteiger partial charge in [-0.25, -0.2) is 0 Å². The van der Waals surface area contributed by atoms with Crippen molar-refractivity contribution in [1.82, 2.24) is 0 Å². The molecule has 0 amide bonds. The van der Waals surface area contributed by atoms with Crippen LogP contribution in [0, 0.1) is 0 Å². The minimum absolute atomic E-state index is 0.0497. The van der Waals surface area contributed by atoms with Crippen LogP contribution in [0.15, 0.2) is 5.11 Å². The van der Waals surface area contributed by atoms with Crippen LogP contribution in [0.1, 0.15) is 51.4 Å². The predicted molar refractivity (Wildman–Crippen MR) is 66.6 cm³/mol. The van der Waals surface area contributed by atoms with Crippen LogP contribution in [0.3, 0.4) is 0 Å². The minimum atomic E-state index is 0.0497. The standard InChI is InChI=1S/C12H23N3O2/c13-15-14-9-5-2-1-3-6-10-16-12-8-4-7-11-17-12/h12H,1-11H2.